The lowest BCUT2D eigenvalue weighted by molar-refractivity contribution is 0.0745. The summed E-state index contributed by atoms with van der Waals surface area (Å²) in [6, 6.07) is 6.20. The van der Waals surface area contributed by atoms with Gasteiger partial charge in [0.25, 0.3) is 5.91 Å². The van der Waals surface area contributed by atoms with E-state index in [2.05, 4.69) is 35.5 Å². The maximum atomic E-state index is 12.4. The second-order valence-corrected chi connectivity index (χ2v) is 6.37. The number of carbonyl (C=O) groups is 1. The molecule has 0 radical (unpaired) electrons. The highest BCUT2D eigenvalue weighted by Crippen LogP contribution is 2.27. The van der Waals surface area contributed by atoms with Gasteiger partial charge in [0.05, 0.1) is 12.1 Å². The van der Waals surface area contributed by atoms with E-state index in [0.717, 1.165) is 48.2 Å². The minimum absolute atomic E-state index is 0.0605. The molecule has 114 valence electrons. The standard InChI is InChI=1S/C17H20N4O/c1-11-3-6-14(18-10-11)12-4-5-13-15(9-12)19-21-8-7-20(2)17(22)16(13)21/h4-6,9,11,18H,3,7-8,10H2,1-2H3. The fourth-order valence-electron chi connectivity index (χ4n) is 3.19. The Hall–Kier alpha value is -2.30. The molecule has 1 unspecified atom stereocenters. The third-order valence-electron chi connectivity index (χ3n) is 4.61. The number of nitrogens with one attached hydrogen (secondary N) is 1. The molecule has 5 heteroatoms. The van der Waals surface area contributed by atoms with Crippen LogP contribution in [0.15, 0.2) is 24.3 Å². The Morgan fingerprint density at radius 2 is 2.18 bits per heavy atom. The summed E-state index contributed by atoms with van der Waals surface area (Å²) in [5.74, 6) is 0.742. The summed E-state index contributed by atoms with van der Waals surface area (Å²) >= 11 is 0. The van der Waals surface area contributed by atoms with Crippen molar-refractivity contribution in [3.05, 3.63) is 35.5 Å². The molecule has 2 aromatic rings. The van der Waals surface area contributed by atoms with Crippen LogP contribution in [-0.2, 0) is 6.54 Å². The van der Waals surface area contributed by atoms with E-state index in [1.807, 2.05) is 17.8 Å². The molecular weight excluding hydrogens is 276 g/mol. The normalized spacial score (nSPS) is 21.5. The Kier molecular flexibility index (Phi) is 2.96. The average molecular weight is 296 g/mol. The van der Waals surface area contributed by atoms with Crippen molar-refractivity contribution in [2.75, 3.05) is 20.1 Å². The highest BCUT2D eigenvalue weighted by Gasteiger charge is 2.26. The lowest BCUT2D eigenvalue weighted by atomic mass is 9.99. The van der Waals surface area contributed by atoms with E-state index in [9.17, 15) is 4.79 Å². The van der Waals surface area contributed by atoms with Crippen molar-refractivity contribution in [3.8, 4) is 0 Å². The number of amides is 1. The van der Waals surface area contributed by atoms with Crippen LogP contribution in [-0.4, -0.2) is 40.7 Å². The molecule has 1 aromatic heterocycles. The van der Waals surface area contributed by atoms with Crippen LogP contribution in [0.5, 0.6) is 0 Å². The monoisotopic (exact) mass is 296 g/mol. The molecule has 0 saturated heterocycles. The van der Waals surface area contributed by atoms with Gasteiger partial charge in [0, 0.05) is 31.2 Å². The van der Waals surface area contributed by atoms with E-state index >= 15 is 0 Å². The maximum Gasteiger partial charge on any atom is 0.272 e. The molecule has 1 atom stereocenters. The second-order valence-electron chi connectivity index (χ2n) is 6.37. The first-order valence-corrected chi connectivity index (χ1v) is 7.84. The molecule has 3 heterocycles. The molecule has 5 nitrogen and oxygen atoms in total. The average Bonchev–Trinajstić information content (AvgIpc) is 2.90. The Balaban J connectivity index is 1.79. The third kappa shape index (κ3) is 2.00. The first-order chi connectivity index (χ1) is 10.6. The van der Waals surface area contributed by atoms with E-state index in [4.69, 9.17) is 0 Å². The van der Waals surface area contributed by atoms with Crippen LogP contribution < -0.4 is 5.32 Å². The van der Waals surface area contributed by atoms with Crippen LogP contribution in [0.2, 0.25) is 0 Å². The number of aromatic nitrogens is 2. The smallest absolute Gasteiger partial charge is 0.272 e. The van der Waals surface area contributed by atoms with Crippen LogP contribution in [0.1, 0.15) is 29.4 Å². The Bertz CT molecular complexity index is 789. The topological polar surface area (TPSA) is 50.2 Å². The predicted octanol–water partition coefficient (Wildman–Crippen LogP) is 2.09. The van der Waals surface area contributed by atoms with Gasteiger partial charge in [-0.3, -0.25) is 9.48 Å². The Labute approximate surface area is 129 Å². The molecule has 0 aliphatic carbocycles. The van der Waals surface area contributed by atoms with Crippen molar-refractivity contribution < 1.29 is 4.79 Å². The van der Waals surface area contributed by atoms with Gasteiger partial charge >= 0.3 is 0 Å². The summed E-state index contributed by atoms with van der Waals surface area (Å²) in [6.07, 6.45) is 3.35. The minimum atomic E-state index is 0.0605. The van der Waals surface area contributed by atoms with Crippen molar-refractivity contribution in [3.63, 3.8) is 0 Å². The molecular formula is C17H20N4O. The molecule has 4 rings (SSSR count). The SMILES string of the molecule is CC1CC=C(c2ccc3c4n(nc3c2)CCN(C)C4=O)NC1. The molecule has 22 heavy (non-hydrogen) atoms. The lowest BCUT2D eigenvalue weighted by Crippen LogP contribution is -2.37. The van der Waals surface area contributed by atoms with Crippen molar-refractivity contribution >= 4 is 22.5 Å². The Morgan fingerprint density at radius 3 is 2.95 bits per heavy atom. The molecule has 0 saturated carbocycles. The molecule has 0 fully saturated rings. The summed E-state index contributed by atoms with van der Waals surface area (Å²) in [4.78, 5) is 14.1. The zero-order chi connectivity index (χ0) is 15.3. The summed E-state index contributed by atoms with van der Waals surface area (Å²) in [5.41, 5.74) is 3.94. The number of hydrogen-bond donors (Lipinski definition) is 1. The first-order valence-electron chi connectivity index (χ1n) is 7.84. The van der Waals surface area contributed by atoms with Crippen molar-refractivity contribution in [1.29, 1.82) is 0 Å². The first kappa shape index (κ1) is 13.4. The lowest BCUT2D eigenvalue weighted by Gasteiger charge is -2.23. The highest BCUT2D eigenvalue weighted by molar-refractivity contribution is 6.05. The van der Waals surface area contributed by atoms with E-state index in [1.54, 1.807) is 4.90 Å². The summed E-state index contributed by atoms with van der Waals surface area (Å²) in [5, 5.41) is 9.05. The van der Waals surface area contributed by atoms with Gasteiger partial charge in [0.1, 0.15) is 5.69 Å². The van der Waals surface area contributed by atoms with Gasteiger partial charge in [-0.05, 0) is 30.0 Å². The summed E-state index contributed by atoms with van der Waals surface area (Å²) in [6.45, 7) is 4.74. The van der Waals surface area contributed by atoms with E-state index < -0.39 is 0 Å². The van der Waals surface area contributed by atoms with Crippen LogP contribution in [0.3, 0.4) is 0 Å². The molecule has 1 aromatic carbocycles. The van der Waals surface area contributed by atoms with Crippen molar-refractivity contribution in [1.82, 2.24) is 20.0 Å². The number of nitrogens with zero attached hydrogens (tertiary/aromatic N) is 3. The molecule has 2 aliphatic rings. The van der Waals surface area contributed by atoms with Crippen molar-refractivity contribution in [2.24, 2.45) is 5.92 Å². The van der Waals surface area contributed by atoms with Crippen LogP contribution >= 0.6 is 0 Å². The number of hydrogen-bond acceptors (Lipinski definition) is 3. The van der Waals surface area contributed by atoms with Gasteiger partial charge in [0.2, 0.25) is 0 Å². The van der Waals surface area contributed by atoms with Gasteiger partial charge in [-0.25, -0.2) is 0 Å². The van der Waals surface area contributed by atoms with Crippen LogP contribution in [0, 0.1) is 5.92 Å². The number of rotatable bonds is 1. The highest BCUT2D eigenvalue weighted by atomic mass is 16.2. The van der Waals surface area contributed by atoms with Gasteiger partial charge in [-0.2, -0.15) is 5.10 Å². The molecule has 2 aliphatic heterocycles. The van der Waals surface area contributed by atoms with Gasteiger partial charge in [-0.1, -0.05) is 19.1 Å². The largest absolute Gasteiger partial charge is 0.385 e. The number of allylic oxidation sites excluding steroid dienone is 1. The number of benzene rings is 1. The summed E-state index contributed by atoms with van der Waals surface area (Å²) in [7, 11) is 1.84. The fraction of sp³-hybridized carbons (Fsp3) is 0.412. The molecule has 0 spiro atoms. The summed E-state index contributed by atoms with van der Waals surface area (Å²) < 4.78 is 1.85. The quantitative estimate of drug-likeness (QED) is 0.876. The number of likely N-dealkylation sites (N-methyl/N-ethyl adjacent to an activating group) is 1. The third-order valence-corrected chi connectivity index (χ3v) is 4.61. The van der Waals surface area contributed by atoms with Gasteiger partial charge < -0.3 is 10.2 Å². The van der Waals surface area contributed by atoms with Gasteiger partial charge in [-0.15, -0.1) is 0 Å². The molecule has 1 amide bonds. The van der Waals surface area contributed by atoms with Crippen LogP contribution in [0.4, 0.5) is 0 Å². The van der Waals surface area contributed by atoms with Crippen molar-refractivity contribution in [2.45, 2.75) is 19.9 Å². The maximum absolute atomic E-state index is 12.4. The number of fused-ring (bicyclic) bond motifs is 3. The zero-order valence-corrected chi connectivity index (χ0v) is 13.0. The van der Waals surface area contributed by atoms with E-state index in [0.29, 0.717) is 5.92 Å². The van der Waals surface area contributed by atoms with E-state index in [-0.39, 0.29) is 5.91 Å². The Morgan fingerprint density at radius 1 is 1.32 bits per heavy atom. The molecule has 0 bridgehead atoms. The predicted molar refractivity (Wildman–Crippen MR) is 86.5 cm³/mol. The zero-order valence-electron chi connectivity index (χ0n) is 13.0. The van der Waals surface area contributed by atoms with E-state index in [1.165, 1.54) is 5.70 Å². The van der Waals surface area contributed by atoms with Gasteiger partial charge in [0.15, 0.2) is 0 Å². The minimum Gasteiger partial charge on any atom is -0.385 e. The molecule has 1 N–H and O–H groups in total. The van der Waals surface area contributed by atoms with Crippen LogP contribution in [0.25, 0.3) is 16.6 Å². The number of carbonyl (C=O) groups excluding carboxylic acids is 1. The fourth-order valence-corrected chi connectivity index (χ4v) is 3.19. The second kappa shape index (κ2) is 4.87.